The second-order valence-electron chi connectivity index (χ2n) is 5.05. The molecule has 136 valence electrons. The number of hydrogen-bond donors (Lipinski definition) is 3. The molecule has 0 aliphatic carbocycles. The Morgan fingerprint density at radius 2 is 1.96 bits per heavy atom. The van der Waals surface area contributed by atoms with E-state index in [0.717, 1.165) is 5.69 Å². The molecule has 7 nitrogen and oxygen atoms in total. The summed E-state index contributed by atoms with van der Waals surface area (Å²) in [5.41, 5.74) is 1.55. The van der Waals surface area contributed by atoms with Crippen molar-refractivity contribution in [3.63, 3.8) is 0 Å². The first kappa shape index (κ1) is 19.3. The van der Waals surface area contributed by atoms with E-state index in [9.17, 15) is 10.0 Å². The molecule has 0 fully saturated rings. The zero-order valence-electron chi connectivity index (χ0n) is 14.0. The molecule has 0 radical (unpaired) electrons. The van der Waals surface area contributed by atoms with E-state index in [0.29, 0.717) is 15.6 Å². The SMILES string of the molecule is COC(=O)N(O)c1ccccc1COC(=N)/C=C\Nc1ccc(Cl)cc1. The van der Waals surface area contributed by atoms with Crippen LogP contribution in [0, 0.1) is 5.41 Å². The molecule has 0 saturated carbocycles. The molecule has 0 heterocycles. The lowest BCUT2D eigenvalue weighted by atomic mass is 10.2. The Labute approximate surface area is 155 Å². The number of benzene rings is 2. The molecular weight excluding hydrogens is 358 g/mol. The highest BCUT2D eigenvalue weighted by atomic mass is 35.5. The maximum absolute atomic E-state index is 11.4. The molecule has 0 atom stereocenters. The summed E-state index contributed by atoms with van der Waals surface area (Å²) in [6.07, 6.45) is 2.08. The number of nitrogens with one attached hydrogen (secondary N) is 2. The molecule has 2 rings (SSSR count). The van der Waals surface area contributed by atoms with Crippen LogP contribution in [0.3, 0.4) is 0 Å². The largest absolute Gasteiger partial charge is 0.473 e. The minimum Gasteiger partial charge on any atom is -0.473 e. The Kier molecular flexibility index (Phi) is 7.02. The number of carbonyl (C=O) groups excluding carboxylic acids is 1. The van der Waals surface area contributed by atoms with Gasteiger partial charge in [0.15, 0.2) is 0 Å². The summed E-state index contributed by atoms with van der Waals surface area (Å²) in [4.78, 5) is 11.4. The van der Waals surface area contributed by atoms with Gasteiger partial charge in [-0.3, -0.25) is 10.6 Å². The smallest absolute Gasteiger partial charge is 0.438 e. The van der Waals surface area contributed by atoms with E-state index in [2.05, 4.69) is 10.1 Å². The standard InChI is InChI=1S/C18H18ClN3O4/c1-25-18(23)22(24)16-5-3-2-4-13(16)12-26-17(20)10-11-21-15-8-6-14(19)7-9-15/h2-11,20-21,24H,12H2,1H3/b11-10-,20-17?. The first-order valence-corrected chi connectivity index (χ1v) is 7.94. The molecule has 0 spiro atoms. The van der Waals surface area contributed by atoms with Crippen molar-refractivity contribution < 1.29 is 19.5 Å². The lowest BCUT2D eigenvalue weighted by Gasteiger charge is -2.17. The lowest BCUT2D eigenvalue weighted by molar-refractivity contribution is 0.140. The van der Waals surface area contributed by atoms with Gasteiger partial charge in [-0.15, -0.1) is 0 Å². The van der Waals surface area contributed by atoms with E-state index < -0.39 is 6.09 Å². The highest BCUT2D eigenvalue weighted by Gasteiger charge is 2.17. The molecular formula is C18H18ClN3O4. The van der Waals surface area contributed by atoms with E-state index in [1.54, 1.807) is 48.7 Å². The fourth-order valence-electron chi connectivity index (χ4n) is 1.99. The average Bonchev–Trinajstić information content (AvgIpc) is 2.67. The van der Waals surface area contributed by atoms with Crippen LogP contribution in [0.25, 0.3) is 0 Å². The van der Waals surface area contributed by atoms with Crippen molar-refractivity contribution in [2.45, 2.75) is 6.61 Å². The predicted molar refractivity (Wildman–Crippen MR) is 99.8 cm³/mol. The number of halogens is 1. The van der Waals surface area contributed by atoms with Gasteiger partial charge in [0, 0.05) is 28.5 Å². The second kappa shape index (κ2) is 9.45. The number of para-hydroxylation sites is 1. The molecule has 8 heteroatoms. The van der Waals surface area contributed by atoms with Gasteiger partial charge >= 0.3 is 6.09 Å². The maximum atomic E-state index is 11.4. The van der Waals surface area contributed by atoms with Crippen molar-refractivity contribution in [3.05, 3.63) is 71.4 Å². The summed E-state index contributed by atoms with van der Waals surface area (Å²) in [5.74, 6) is -0.0937. The highest BCUT2D eigenvalue weighted by Crippen LogP contribution is 2.20. The molecule has 0 aliphatic rings. The van der Waals surface area contributed by atoms with E-state index in [4.69, 9.17) is 21.7 Å². The molecule has 0 bridgehead atoms. The van der Waals surface area contributed by atoms with Gasteiger partial charge in [-0.05, 0) is 30.3 Å². The summed E-state index contributed by atoms with van der Waals surface area (Å²) in [6, 6.07) is 13.7. The normalized spacial score (nSPS) is 10.4. The van der Waals surface area contributed by atoms with Crippen LogP contribution in [0.2, 0.25) is 5.02 Å². The third-order valence-electron chi connectivity index (χ3n) is 3.28. The van der Waals surface area contributed by atoms with Gasteiger partial charge < -0.3 is 14.8 Å². The molecule has 0 aromatic heterocycles. The third-order valence-corrected chi connectivity index (χ3v) is 3.53. The quantitative estimate of drug-likeness (QED) is 0.300. The molecule has 0 aliphatic heterocycles. The summed E-state index contributed by atoms with van der Waals surface area (Å²) in [7, 11) is 1.17. The average molecular weight is 376 g/mol. The minimum atomic E-state index is -0.917. The maximum Gasteiger partial charge on any atom is 0.438 e. The van der Waals surface area contributed by atoms with E-state index in [1.165, 1.54) is 19.3 Å². The Hall–Kier alpha value is -3.03. The summed E-state index contributed by atoms with van der Waals surface area (Å²) >= 11 is 5.81. The van der Waals surface area contributed by atoms with Crippen molar-refractivity contribution in [3.8, 4) is 0 Å². The van der Waals surface area contributed by atoms with Crippen LogP contribution >= 0.6 is 11.6 Å². The van der Waals surface area contributed by atoms with Crippen molar-refractivity contribution >= 4 is 35.0 Å². The first-order valence-electron chi connectivity index (χ1n) is 7.56. The topological polar surface area (TPSA) is 94.9 Å². The van der Waals surface area contributed by atoms with E-state index in [-0.39, 0.29) is 18.2 Å². The van der Waals surface area contributed by atoms with Crippen molar-refractivity contribution in [1.29, 1.82) is 5.41 Å². The van der Waals surface area contributed by atoms with Crippen molar-refractivity contribution in [2.75, 3.05) is 17.5 Å². The number of amides is 1. The van der Waals surface area contributed by atoms with Crippen molar-refractivity contribution in [2.24, 2.45) is 0 Å². The van der Waals surface area contributed by atoms with E-state index in [1.807, 2.05) is 0 Å². The van der Waals surface area contributed by atoms with Crippen LogP contribution in [-0.4, -0.2) is 24.3 Å². The van der Waals surface area contributed by atoms with Gasteiger partial charge in [0.1, 0.15) is 6.61 Å². The number of hydroxylamine groups is 1. The Morgan fingerprint density at radius 1 is 1.27 bits per heavy atom. The number of anilines is 2. The fraction of sp³-hybridized carbons (Fsp3) is 0.111. The molecule has 2 aromatic rings. The molecule has 0 saturated heterocycles. The number of carbonyl (C=O) groups is 1. The predicted octanol–water partition coefficient (Wildman–Crippen LogP) is 4.42. The van der Waals surface area contributed by atoms with Gasteiger partial charge in [0.05, 0.1) is 12.8 Å². The van der Waals surface area contributed by atoms with Crippen LogP contribution in [0.15, 0.2) is 60.8 Å². The van der Waals surface area contributed by atoms with E-state index >= 15 is 0 Å². The minimum absolute atomic E-state index is 0.00561. The number of nitrogens with zero attached hydrogens (tertiary/aromatic N) is 1. The zero-order chi connectivity index (χ0) is 18.9. The number of ether oxygens (including phenoxy) is 2. The van der Waals surface area contributed by atoms with Crippen LogP contribution in [0.1, 0.15) is 5.56 Å². The Bertz CT molecular complexity index is 793. The van der Waals surface area contributed by atoms with Crippen molar-refractivity contribution in [1.82, 2.24) is 0 Å². The summed E-state index contributed by atoms with van der Waals surface area (Å²) < 4.78 is 9.81. The van der Waals surface area contributed by atoms with Gasteiger partial charge in [-0.1, -0.05) is 29.8 Å². The number of methoxy groups -OCH3 is 1. The molecule has 3 N–H and O–H groups in total. The molecule has 0 unspecified atom stereocenters. The van der Waals surface area contributed by atoms with Crippen LogP contribution in [0.4, 0.5) is 16.2 Å². The Balaban J connectivity index is 1.92. The lowest BCUT2D eigenvalue weighted by Crippen LogP contribution is -2.27. The number of hydrogen-bond acceptors (Lipinski definition) is 6. The van der Waals surface area contributed by atoms with Crippen LogP contribution in [0.5, 0.6) is 0 Å². The third kappa shape index (κ3) is 5.51. The summed E-state index contributed by atoms with van der Waals surface area (Å²) in [6.45, 7) is -0.00561. The summed E-state index contributed by atoms with van der Waals surface area (Å²) in [5, 5.41) is 21.6. The second-order valence-corrected chi connectivity index (χ2v) is 5.48. The highest BCUT2D eigenvalue weighted by molar-refractivity contribution is 6.30. The fourth-order valence-corrected chi connectivity index (χ4v) is 2.11. The van der Waals surface area contributed by atoms with Gasteiger partial charge in [-0.2, -0.15) is 5.06 Å². The number of rotatable bonds is 6. The van der Waals surface area contributed by atoms with Gasteiger partial charge in [-0.25, -0.2) is 4.79 Å². The zero-order valence-corrected chi connectivity index (χ0v) is 14.7. The monoisotopic (exact) mass is 375 g/mol. The van der Waals surface area contributed by atoms with Crippen LogP contribution in [-0.2, 0) is 16.1 Å². The van der Waals surface area contributed by atoms with Gasteiger partial charge in [0.25, 0.3) is 0 Å². The van der Waals surface area contributed by atoms with Crippen LogP contribution < -0.4 is 10.4 Å². The molecule has 1 amide bonds. The first-order chi connectivity index (χ1) is 12.5. The van der Waals surface area contributed by atoms with Gasteiger partial charge in [0.2, 0.25) is 5.90 Å². The molecule has 26 heavy (non-hydrogen) atoms. The molecule has 2 aromatic carbocycles. The Morgan fingerprint density at radius 3 is 2.65 bits per heavy atom.